The van der Waals surface area contributed by atoms with E-state index in [9.17, 15) is 9.59 Å². The maximum Gasteiger partial charge on any atom is 0.265 e. The van der Waals surface area contributed by atoms with Crippen molar-refractivity contribution in [3.05, 3.63) is 28.4 Å². The van der Waals surface area contributed by atoms with E-state index in [1.54, 1.807) is 0 Å². The molecule has 13 heavy (non-hydrogen) atoms. The van der Waals surface area contributed by atoms with E-state index in [4.69, 9.17) is 0 Å². The molecule has 2 rings (SSSR count). The second kappa shape index (κ2) is 3.49. The van der Waals surface area contributed by atoms with Gasteiger partial charge in [-0.15, -0.1) is 12.4 Å². The largest absolute Gasteiger partial charge is 0.282 e. The molecule has 0 aliphatic carbocycles. The van der Waals surface area contributed by atoms with Crippen LogP contribution in [0.5, 0.6) is 0 Å². The number of hydrogen-bond acceptors (Lipinski definition) is 3. The van der Waals surface area contributed by atoms with Crippen molar-refractivity contribution in [1.82, 2.24) is 9.55 Å². The number of carbonyl (C=O) groups is 1. The molecule has 2 heterocycles. The SMILES string of the molecule is Cl.O=C1Cn2c(nccc2=O)C=N1. The summed E-state index contributed by atoms with van der Waals surface area (Å²) in [5.41, 5.74) is -0.223. The Labute approximate surface area is 79.5 Å². The molecule has 0 saturated heterocycles. The number of rotatable bonds is 0. The fourth-order valence-electron chi connectivity index (χ4n) is 1.02. The molecule has 0 unspecified atom stereocenters. The average Bonchev–Trinajstić information content (AvgIpc) is 2.07. The van der Waals surface area contributed by atoms with E-state index in [-0.39, 0.29) is 30.4 Å². The van der Waals surface area contributed by atoms with Crippen molar-refractivity contribution in [3.8, 4) is 0 Å². The van der Waals surface area contributed by atoms with E-state index in [0.29, 0.717) is 5.82 Å². The van der Waals surface area contributed by atoms with Gasteiger partial charge in [0.1, 0.15) is 6.54 Å². The van der Waals surface area contributed by atoms with E-state index >= 15 is 0 Å². The fourth-order valence-corrected chi connectivity index (χ4v) is 1.02. The van der Waals surface area contributed by atoms with E-state index in [1.807, 2.05) is 0 Å². The number of hydrogen-bond donors (Lipinski definition) is 0. The molecule has 68 valence electrons. The predicted molar refractivity (Wildman–Crippen MR) is 48.3 cm³/mol. The van der Waals surface area contributed by atoms with Crippen LogP contribution in [0.2, 0.25) is 0 Å². The van der Waals surface area contributed by atoms with Crippen LogP contribution >= 0.6 is 12.4 Å². The molecule has 1 aliphatic rings. The number of nitrogens with zero attached hydrogens (tertiary/aromatic N) is 3. The molecule has 1 aromatic heterocycles. The van der Waals surface area contributed by atoms with Gasteiger partial charge in [0.2, 0.25) is 0 Å². The molecule has 1 aromatic rings. The Morgan fingerprint density at radius 2 is 2.15 bits per heavy atom. The van der Waals surface area contributed by atoms with Crippen molar-refractivity contribution in [2.75, 3.05) is 0 Å². The molecule has 0 radical (unpaired) electrons. The Morgan fingerprint density at radius 3 is 2.92 bits per heavy atom. The van der Waals surface area contributed by atoms with Gasteiger partial charge in [0, 0.05) is 12.3 Å². The Kier molecular flexibility index (Phi) is 2.57. The molecule has 1 aliphatic heterocycles. The normalized spacial score (nSPS) is 13.4. The first-order valence-corrected chi connectivity index (χ1v) is 3.40. The number of halogens is 1. The molecule has 0 aromatic carbocycles. The zero-order valence-corrected chi connectivity index (χ0v) is 7.32. The van der Waals surface area contributed by atoms with Gasteiger partial charge in [-0.2, -0.15) is 0 Å². The lowest BCUT2D eigenvalue weighted by atomic mass is 10.4. The third-order valence-electron chi connectivity index (χ3n) is 1.58. The molecule has 6 heteroatoms. The summed E-state index contributed by atoms with van der Waals surface area (Å²) in [4.78, 5) is 29.3. The molecule has 5 nitrogen and oxygen atoms in total. The second-order valence-corrected chi connectivity index (χ2v) is 2.38. The average molecular weight is 200 g/mol. The highest BCUT2D eigenvalue weighted by molar-refractivity contribution is 5.92. The van der Waals surface area contributed by atoms with Crippen LogP contribution in [-0.4, -0.2) is 21.7 Å². The van der Waals surface area contributed by atoms with Crippen molar-refractivity contribution in [3.63, 3.8) is 0 Å². The highest BCUT2D eigenvalue weighted by Gasteiger charge is 2.11. The minimum atomic E-state index is -0.322. The molecule has 0 spiro atoms. The fraction of sp³-hybridized carbons (Fsp3) is 0.143. The Balaban J connectivity index is 0.000000845. The first-order chi connectivity index (χ1) is 5.77. The second-order valence-electron chi connectivity index (χ2n) is 2.38. The molecular formula is C7H6ClN3O2. The van der Waals surface area contributed by atoms with Crippen LogP contribution in [0.25, 0.3) is 0 Å². The summed E-state index contributed by atoms with van der Waals surface area (Å²) in [6, 6.07) is 1.32. The number of amides is 1. The highest BCUT2D eigenvalue weighted by Crippen LogP contribution is 1.95. The first-order valence-electron chi connectivity index (χ1n) is 3.40. The smallest absolute Gasteiger partial charge is 0.265 e. The molecular weight excluding hydrogens is 194 g/mol. The first kappa shape index (κ1) is 9.60. The Morgan fingerprint density at radius 1 is 1.38 bits per heavy atom. The molecule has 1 amide bonds. The van der Waals surface area contributed by atoms with Gasteiger partial charge in [-0.3, -0.25) is 14.2 Å². The maximum absolute atomic E-state index is 11.1. The van der Waals surface area contributed by atoms with Crippen LogP contribution < -0.4 is 5.56 Å². The van der Waals surface area contributed by atoms with E-state index in [1.165, 1.54) is 23.0 Å². The molecule has 0 atom stereocenters. The molecule has 0 saturated carbocycles. The molecule has 0 bridgehead atoms. The van der Waals surface area contributed by atoms with Gasteiger partial charge in [0.25, 0.3) is 11.5 Å². The van der Waals surface area contributed by atoms with Crippen molar-refractivity contribution in [2.24, 2.45) is 4.99 Å². The minimum absolute atomic E-state index is 0. The van der Waals surface area contributed by atoms with Gasteiger partial charge < -0.3 is 0 Å². The summed E-state index contributed by atoms with van der Waals surface area (Å²) in [5, 5.41) is 0. The Hall–Kier alpha value is -1.49. The quantitative estimate of drug-likeness (QED) is 0.573. The van der Waals surface area contributed by atoms with Crippen molar-refractivity contribution >= 4 is 24.5 Å². The zero-order valence-electron chi connectivity index (χ0n) is 6.51. The standard InChI is InChI=1S/C7H5N3O2.ClH/c11-6-4-10-5(3-9-6)8-2-1-7(10)12;/h1-3H,4H2;1H. The van der Waals surface area contributed by atoms with Crippen molar-refractivity contribution < 1.29 is 4.79 Å². The summed E-state index contributed by atoms with van der Waals surface area (Å²) >= 11 is 0. The lowest BCUT2D eigenvalue weighted by Crippen LogP contribution is -2.29. The van der Waals surface area contributed by atoms with Crippen LogP contribution in [0.4, 0.5) is 0 Å². The van der Waals surface area contributed by atoms with Gasteiger partial charge in [-0.05, 0) is 0 Å². The molecule has 0 N–H and O–H groups in total. The summed E-state index contributed by atoms with van der Waals surface area (Å²) in [6.07, 6.45) is 2.70. The predicted octanol–water partition coefficient (Wildman–Crippen LogP) is -0.376. The number of aliphatic imine (C=N–C) groups is 1. The van der Waals surface area contributed by atoms with Crippen LogP contribution in [0.1, 0.15) is 5.82 Å². The number of aromatic nitrogens is 2. The van der Waals surface area contributed by atoms with Gasteiger partial charge in [-0.1, -0.05) is 0 Å². The van der Waals surface area contributed by atoms with Gasteiger partial charge in [0.05, 0.1) is 6.21 Å². The van der Waals surface area contributed by atoms with Crippen molar-refractivity contribution in [2.45, 2.75) is 6.54 Å². The summed E-state index contributed by atoms with van der Waals surface area (Å²) in [7, 11) is 0. The van der Waals surface area contributed by atoms with Crippen LogP contribution in [0, 0.1) is 0 Å². The van der Waals surface area contributed by atoms with Gasteiger partial charge in [-0.25, -0.2) is 9.98 Å². The third kappa shape index (κ3) is 1.65. The zero-order chi connectivity index (χ0) is 8.55. The van der Waals surface area contributed by atoms with Crippen molar-refractivity contribution in [1.29, 1.82) is 0 Å². The third-order valence-corrected chi connectivity index (χ3v) is 1.58. The van der Waals surface area contributed by atoms with Crippen LogP contribution in [0.3, 0.4) is 0 Å². The topological polar surface area (TPSA) is 64.3 Å². The summed E-state index contributed by atoms with van der Waals surface area (Å²) in [5.74, 6) is 0.111. The monoisotopic (exact) mass is 199 g/mol. The number of fused-ring (bicyclic) bond motifs is 1. The van der Waals surface area contributed by atoms with Crippen LogP contribution in [0.15, 0.2) is 22.1 Å². The summed E-state index contributed by atoms with van der Waals surface area (Å²) < 4.78 is 1.29. The van der Waals surface area contributed by atoms with Crippen LogP contribution in [-0.2, 0) is 11.3 Å². The van der Waals surface area contributed by atoms with Gasteiger partial charge >= 0.3 is 0 Å². The lowest BCUT2D eigenvalue weighted by molar-refractivity contribution is -0.118. The molecule has 0 fully saturated rings. The van der Waals surface area contributed by atoms with E-state index in [2.05, 4.69) is 9.98 Å². The maximum atomic E-state index is 11.1. The summed E-state index contributed by atoms with van der Waals surface area (Å²) in [6.45, 7) is -0.00148. The lowest BCUT2D eigenvalue weighted by Gasteiger charge is -2.08. The Bertz CT molecular complexity index is 424. The number of carbonyl (C=O) groups excluding carboxylic acids is 1. The highest BCUT2D eigenvalue weighted by atomic mass is 35.5. The van der Waals surface area contributed by atoms with E-state index in [0.717, 1.165) is 0 Å². The van der Waals surface area contributed by atoms with E-state index < -0.39 is 0 Å². The minimum Gasteiger partial charge on any atom is -0.282 e. The van der Waals surface area contributed by atoms with Gasteiger partial charge in [0.15, 0.2) is 5.82 Å².